The molecule has 34 heavy (non-hydrogen) atoms. The van der Waals surface area contributed by atoms with E-state index in [4.69, 9.17) is 4.74 Å². The number of likely N-dealkylation sites (tertiary alicyclic amines) is 1. The Labute approximate surface area is 198 Å². The maximum atomic E-state index is 13.0. The Morgan fingerprint density at radius 2 is 1.68 bits per heavy atom. The van der Waals surface area contributed by atoms with Crippen LogP contribution in [0.1, 0.15) is 22.7 Å². The molecule has 7 nitrogen and oxygen atoms in total. The third-order valence-electron chi connectivity index (χ3n) is 5.73. The lowest BCUT2D eigenvalue weighted by molar-refractivity contribution is -0.140. The van der Waals surface area contributed by atoms with Gasteiger partial charge in [-0.1, -0.05) is 30.3 Å². The first-order chi connectivity index (χ1) is 16.5. The maximum Gasteiger partial charge on any atom is 0.295 e. The fraction of sp³-hybridized carbons (Fsp3) is 0.222. The minimum atomic E-state index is -0.692. The highest BCUT2D eigenvalue weighted by Gasteiger charge is 2.45. The zero-order chi connectivity index (χ0) is 24.1. The van der Waals surface area contributed by atoms with Crippen molar-refractivity contribution in [2.45, 2.75) is 12.6 Å². The molecule has 0 spiro atoms. The van der Waals surface area contributed by atoms with Crippen LogP contribution < -0.4 is 4.74 Å². The number of hydrogen-bond acceptors (Lipinski definition) is 6. The molecule has 1 fully saturated rings. The summed E-state index contributed by atoms with van der Waals surface area (Å²) in [6, 6.07) is 19.5. The van der Waals surface area contributed by atoms with Gasteiger partial charge in [0.05, 0.1) is 11.6 Å². The molecule has 0 aliphatic carbocycles. The largest absolute Gasteiger partial charge is 0.507 e. The monoisotopic (exact) mass is 457 g/mol. The van der Waals surface area contributed by atoms with Gasteiger partial charge in [0.1, 0.15) is 18.1 Å². The van der Waals surface area contributed by atoms with E-state index >= 15 is 0 Å². The Morgan fingerprint density at radius 3 is 2.32 bits per heavy atom. The molecule has 0 saturated carbocycles. The van der Waals surface area contributed by atoms with Crippen LogP contribution in [0, 0.1) is 0 Å². The summed E-state index contributed by atoms with van der Waals surface area (Å²) in [6.45, 7) is 1.36. The molecule has 7 heteroatoms. The Balaban J connectivity index is 1.63. The van der Waals surface area contributed by atoms with Crippen LogP contribution in [0.25, 0.3) is 5.76 Å². The van der Waals surface area contributed by atoms with E-state index in [1.54, 1.807) is 48.8 Å². The van der Waals surface area contributed by atoms with Gasteiger partial charge in [-0.3, -0.25) is 14.6 Å². The molecule has 1 aliphatic heterocycles. The second-order valence-corrected chi connectivity index (χ2v) is 8.37. The number of hydrogen-bond donors (Lipinski definition) is 1. The zero-order valence-corrected chi connectivity index (χ0v) is 19.2. The Morgan fingerprint density at radius 1 is 1.00 bits per heavy atom. The number of carbonyl (C=O) groups excluding carboxylic acids is 2. The van der Waals surface area contributed by atoms with Gasteiger partial charge in [0.2, 0.25) is 0 Å². The van der Waals surface area contributed by atoms with E-state index in [0.717, 1.165) is 11.1 Å². The average molecular weight is 458 g/mol. The van der Waals surface area contributed by atoms with Crippen LogP contribution in [0.15, 0.2) is 84.7 Å². The molecule has 0 radical (unpaired) electrons. The van der Waals surface area contributed by atoms with Gasteiger partial charge in [0.25, 0.3) is 11.7 Å². The third kappa shape index (κ3) is 5.00. The fourth-order valence-electron chi connectivity index (χ4n) is 3.92. The Hall–Kier alpha value is -3.97. The lowest BCUT2D eigenvalue weighted by Crippen LogP contribution is -2.35. The quantitative estimate of drug-likeness (QED) is 0.316. The smallest absolute Gasteiger partial charge is 0.295 e. The van der Waals surface area contributed by atoms with E-state index in [-0.39, 0.29) is 11.3 Å². The molecule has 1 N–H and O–H groups in total. The summed E-state index contributed by atoms with van der Waals surface area (Å²) in [5.41, 5.74) is 2.28. The van der Waals surface area contributed by atoms with Crippen LogP contribution in [0.5, 0.6) is 5.75 Å². The van der Waals surface area contributed by atoms with E-state index < -0.39 is 17.7 Å². The van der Waals surface area contributed by atoms with Gasteiger partial charge >= 0.3 is 0 Å². The van der Waals surface area contributed by atoms with Crippen molar-refractivity contribution in [3.63, 3.8) is 0 Å². The number of ketones is 1. The first-order valence-corrected chi connectivity index (χ1v) is 11.1. The minimum Gasteiger partial charge on any atom is -0.507 e. The second-order valence-electron chi connectivity index (χ2n) is 8.37. The normalized spacial score (nSPS) is 17.4. The highest BCUT2D eigenvalue weighted by molar-refractivity contribution is 6.46. The molecule has 2 aromatic carbocycles. The number of amides is 1. The molecule has 1 amide bonds. The van der Waals surface area contributed by atoms with Gasteiger partial charge in [0.15, 0.2) is 0 Å². The van der Waals surface area contributed by atoms with E-state index in [1.807, 2.05) is 49.3 Å². The van der Waals surface area contributed by atoms with Crippen molar-refractivity contribution in [1.82, 2.24) is 14.8 Å². The van der Waals surface area contributed by atoms with Gasteiger partial charge in [-0.25, -0.2) is 0 Å². The van der Waals surface area contributed by atoms with Crippen LogP contribution in [0.2, 0.25) is 0 Å². The number of aliphatic hydroxyl groups is 1. The summed E-state index contributed by atoms with van der Waals surface area (Å²) in [5.74, 6) is -0.879. The molecule has 4 rings (SSSR count). The van der Waals surface area contributed by atoms with E-state index in [1.165, 1.54) is 4.90 Å². The number of benzene rings is 2. The van der Waals surface area contributed by atoms with Crippen molar-refractivity contribution in [2.75, 3.05) is 27.2 Å². The van der Waals surface area contributed by atoms with Crippen molar-refractivity contribution < 1.29 is 19.4 Å². The highest BCUT2D eigenvalue weighted by atomic mass is 16.5. The number of ether oxygens (including phenoxy) is 1. The van der Waals surface area contributed by atoms with Crippen molar-refractivity contribution >= 4 is 17.4 Å². The molecular weight excluding hydrogens is 430 g/mol. The summed E-state index contributed by atoms with van der Waals surface area (Å²) in [6.07, 6.45) is 3.22. The Bertz CT molecular complexity index is 1180. The van der Waals surface area contributed by atoms with Gasteiger partial charge in [-0.2, -0.15) is 0 Å². The summed E-state index contributed by atoms with van der Waals surface area (Å²) in [4.78, 5) is 33.4. The van der Waals surface area contributed by atoms with Crippen molar-refractivity contribution in [2.24, 2.45) is 0 Å². The molecule has 0 unspecified atom stereocenters. The molecule has 1 aromatic heterocycles. The number of pyridine rings is 1. The molecular formula is C27H27N3O4. The lowest BCUT2D eigenvalue weighted by atomic mass is 9.96. The summed E-state index contributed by atoms with van der Waals surface area (Å²) >= 11 is 0. The number of likely N-dealkylation sites (N-methyl/N-ethyl adjacent to an activating group) is 1. The van der Waals surface area contributed by atoms with Crippen LogP contribution in [0.4, 0.5) is 0 Å². The van der Waals surface area contributed by atoms with Crippen molar-refractivity contribution in [1.29, 1.82) is 0 Å². The standard InChI is InChI=1S/C27H27N3O4/c1-29(2)16-17-30-24(20-12-14-28-15-13-20)23(26(32)27(30)33)25(31)21-8-10-22(11-9-21)34-18-19-6-4-3-5-7-19/h3-15,24,31H,16-18H2,1-2H3/b25-23+/t24-/m1/s1. The van der Waals surface area contributed by atoms with E-state index in [0.29, 0.717) is 31.0 Å². The Kier molecular flexibility index (Phi) is 7.04. The number of aromatic nitrogens is 1. The first kappa shape index (κ1) is 23.2. The molecule has 1 saturated heterocycles. The number of Topliss-reactive ketones (excluding diaryl/α,β-unsaturated/α-hetero) is 1. The van der Waals surface area contributed by atoms with Crippen LogP contribution >= 0.6 is 0 Å². The van der Waals surface area contributed by atoms with Gasteiger partial charge in [0, 0.05) is 31.0 Å². The zero-order valence-electron chi connectivity index (χ0n) is 19.2. The third-order valence-corrected chi connectivity index (χ3v) is 5.73. The molecule has 3 aromatic rings. The minimum absolute atomic E-state index is 0.0768. The second kappa shape index (κ2) is 10.3. The van der Waals surface area contributed by atoms with E-state index in [2.05, 4.69) is 4.98 Å². The van der Waals surface area contributed by atoms with Gasteiger partial charge in [-0.05, 0) is 61.6 Å². The average Bonchev–Trinajstić information content (AvgIpc) is 3.12. The molecule has 2 heterocycles. The SMILES string of the molecule is CN(C)CCN1C(=O)C(=O)/C(=C(/O)c2ccc(OCc3ccccc3)cc2)[C@H]1c1ccncc1. The summed E-state index contributed by atoms with van der Waals surface area (Å²) in [7, 11) is 3.80. The van der Waals surface area contributed by atoms with Crippen LogP contribution in [0.3, 0.4) is 0 Å². The predicted molar refractivity (Wildman–Crippen MR) is 129 cm³/mol. The molecule has 1 atom stereocenters. The van der Waals surface area contributed by atoms with Crippen LogP contribution in [-0.4, -0.2) is 58.8 Å². The number of aliphatic hydroxyl groups excluding tert-OH is 1. The summed E-state index contributed by atoms with van der Waals surface area (Å²) in [5, 5.41) is 11.1. The van der Waals surface area contributed by atoms with E-state index in [9.17, 15) is 14.7 Å². The highest BCUT2D eigenvalue weighted by Crippen LogP contribution is 2.39. The predicted octanol–water partition coefficient (Wildman–Crippen LogP) is 3.64. The first-order valence-electron chi connectivity index (χ1n) is 11.1. The maximum absolute atomic E-state index is 13.0. The molecule has 174 valence electrons. The number of nitrogens with zero attached hydrogens (tertiary/aromatic N) is 3. The lowest BCUT2D eigenvalue weighted by Gasteiger charge is -2.26. The number of carbonyl (C=O) groups is 2. The van der Waals surface area contributed by atoms with Crippen molar-refractivity contribution in [3.8, 4) is 5.75 Å². The molecule has 0 bridgehead atoms. The topological polar surface area (TPSA) is 83.0 Å². The number of rotatable bonds is 8. The van der Waals surface area contributed by atoms with Gasteiger partial charge < -0.3 is 19.6 Å². The van der Waals surface area contributed by atoms with Gasteiger partial charge in [-0.15, -0.1) is 0 Å². The summed E-state index contributed by atoms with van der Waals surface area (Å²) < 4.78 is 5.81. The van der Waals surface area contributed by atoms with Crippen molar-refractivity contribution in [3.05, 3.63) is 101 Å². The fourth-order valence-corrected chi connectivity index (χ4v) is 3.92. The molecule has 1 aliphatic rings. The van der Waals surface area contributed by atoms with Crippen LogP contribution in [-0.2, 0) is 16.2 Å².